The number of hydrogen-bond acceptors (Lipinski definition) is 4. The van der Waals surface area contributed by atoms with E-state index in [9.17, 15) is 0 Å². The number of rotatable bonds is 5. The monoisotopic (exact) mass is 287 g/mol. The summed E-state index contributed by atoms with van der Waals surface area (Å²) in [7, 11) is 3.67. The van der Waals surface area contributed by atoms with Crippen LogP contribution in [0.25, 0.3) is 0 Å². The SMILES string of the molecule is CNC(Cc1ccc(Cl)s1)c1cc(OC)cs1. The maximum Gasteiger partial charge on any atom is 0.129 e. The molecule has 0 fully saturated rings. The summed E-state index contributed by atoms with van der Waals surface area (Å²) in [6.45, 7) is 0. The lowest BCUT2D eigenvalue weighted by Gasteiger charge is -2.12. The minimum absolute atomic E-state index is 0.318. The molecule has 2 rings (SSSR count). The third-order valence-corrected chi connectivity index (χ3v) is 4.84. The van der Waals surface area contributed by atoms with E-state index in [4.69, 9.17) is 16.3 Å². The molecule has 0 saturated carbocycles. The topological polar surface area (TPSA) is 21.3 Å². The van der Waals surface area contributed by atoms with Gasteiger partial charge in [-0.15, -0.1) is 22.7 Å². The highest BCUT2D eigenvalue weighted by atomic mass is 35.5. The van der Waals surface area contributed by atoms with Gasteiger partial charge in [-0.1, -0.05) is 11.6 Å². The molecule has 1 unspecified atom stereocenters. The standard InChI is InChI=1S/C12H14ClNOS2/c1-14-10(6-9-3-4-12(13)17-9)11-5-8(15-2)7-16-11/h3-5,7,10,14H,6H2,1-2H3. The second-order valence-electron chi connectivity index (χ2n) is 3.64. The molecule has 0 aliphatic heterocycles. The van der Waals surface area contributed by atoms with Gasteiger partial charge in [0.05, 0.1) is 11.4 Å². The second-order valence-corrected chi connectivity index (χ2v) is 6.38. The molecule has 17 heavy (non-hydrogen) atoms. The summed E-state index contributed by atoms with van der Waals surface area (Å²) in [4.78, 5) is 2.58. The van der Waals surface area contributed by atoms with Crippen molar-refractivity contribution in [3.05, 3.63) is 37.7 Å². The van der Waals surface area contributed by atoms with Crippen molar-refractivity contribution in [3.63, 3.8) is 0 Å². The van der Waals surface area contributed by atoms with E-state index in [1.807, 2.05) is 18.5 Å². The lowest BCUT2D eigenvalue weighted by atomic mass is 10.1. The van der Waals surface area contributed by atoms with Crippen LogP contribution in [-0.2, 0) is 6.42 Å². The van der Waals surface area contributed by atoms with E-state index in [1.54, 1.807) is 29.8 Å². The van der Waals surface area contributed by atoms with Gasteiger partial charge in [0.1, 0.15) is 5.75 Å². The van der Waals surface area contributed by atoms with E-state index in [0.717, 1.165) is 16.5 Å². The van der Waals surface area contributed by atoms with Gasteiger partial charge < -0.3 is 10.1 Å². The molecule has 0 aliphatic carbocycles. The van der Waals surface area contributed by atoms with Crippen molar-refractivity contribution >= 4 is 34.3 Å². The summed E-state index contributed by atoms with van der Waals surface area (Å²) in [6.07, 6.45) is 0.956. The molecule has 2 heterocycles. The number of likely N-dealkylation sites (N-methyl/N-ethyl adjacent to an activating group) is 1. The predicted molar refractivity (Wildman–Crippen MR) is 75.7 cm³/mol. The average Bonchev–Trinajstić information content (AvgIpc) is 2.94. The summed E-state index contributed by atoms with van der Waals surface area (Å²) in [5, 5.41) is 5.36. The van der Waals surface area contributed by atoms with Crippen LogP contribution >= 0.6 is 34.3 Å². The zero-order valence-corrected chi connectivity index (χ0v) is 12.1. The van der Waals surface area contributed by atoms with Gasteiger partial charge in [0.25, 0.3) is 0 Å². The zero-order chi connectivity index (χ0) is 12.3. The van der Waals surface area contributed by atoms with Gasteiger partial charge in [0, 0.05) is 27.6 Å². The second kappa shape index (κ2) is 5.87. The van der Waals surface area contributed by atoms with E-state index >= 15 is 0 Å². The van der Waals surface area contributed by atoms with E-state index in [0.29, 0.717) is 6.04 Å². The quantitative estimate of drug-likeness (QED) is 0.898. The summed E-state index contributed by atoms with van der Waals surface area (Å²) in [5.74, 6) is 0.925. The molecule has 92 valence electrons. The molecule has 1 atom stereocenters. The molecule has 2 nitrogen and oxygen atoms in total. The minimum Gasteiger partial charge on any atom is -0.496 e. The van der Waals surface area contributed by atoms with Crippen molar-refractivity contribution < 1.29 is 4.74 Å². The van der Waals surface area contributed by atoms with E-state index in [2.05, 4.69) is 17.4 Å². The number of hydrogen-bond donors (Lipinski definition) is 1. The van der Waals surface area contributed by atoms with Crippen molar-refractivity contribution in [1.82, 2.24) is 5.32 Å². The molecule has 5 heteroatoms. The number of nitrogens with one attached hydrogen (secondary N) is 1. The maximum absolute atomic E-state index is 5.94. The zero-order valence-electron chi connectivity index (χ0n) is 9.70. The minimum atomic E-state index is 0.318. The first-order valence-corrected chi connectivity index (χ1v) is 7.34. The van der Waals surface area contributed by atoms with Gasteiger partial charge in [-0.25, -0.2) is 0 Å². The Morgan fingerprint density at radius 1 is 1.47 bits per heavy atom. The van der Waals surface area contributed by atoms with Crippen molar-refractivity contribution in [2.75, 3.05) is 14.2 Å². The van der Waals surface area contributed by atoms with Gasteiger partial charge in [-0.05, 0) is 25.2 Å². The molecular formula is C12H14ClNOS2. The Morgan fingerprint density at radius 2 is 2.29 bits per heavy atom. The van der Waals surface area contributed by atoms with Crippen LogP contribution in [0.2, 0.25) is 4.34 Å². The average molecular weight is 288 g/mol. The van der Waals surface area contributed by atoms with Crippen LogP contribution in [-0.4, -0.2) is 14.2 Å². The smallest absolute Gasteiger partial charge is 0.129 e. The number of ether oxygens (including phenoxy) is 1. The maximum atomic E-state index is 5.94. The summed E-state index contributed by atoms with van der Waals surface area (Å²) in [6, 6.07) is 6.44. The predicted octanol–water partition coefficient (Wildman–Crippen LogP) is 3.97. The first-order chi connectivity index (χ1) is 8.22. The van der Waals surface area contributed by atoms with Crippen molar-refractivity contribution in [3.8, 4) is 5.75 Å². The molecule has 0 bridgehead atoms. The number of thiophene rings is 2. The van der Waals surface area contributed by atoms with Crippen LogP contribution in [0.4, 0.5) is 0 Å². The van der Waals surface area contributed by atoms with Crippen molar-refractivity contribution in [2.45, 2.75) is 12.5 Å². The lowest BCUT2D eigenvalue weighted by Crippen LogP contribution is -2.17. The molecular weight excluding hydrogens is 274 g/mol. The van der Waals surface area contributed by atoms with E-state index in [-0.39, 0.29) is 0 Å². The lowest BCUT2D eigenvalue weighted by molar-refractivity contribution is 0.416. The first-order valence-electron chi connectivity index (χ1n) is 5.27. The third kappa shape index (κ3) is 3.22. The van der Waals surface area contributed by atoms with Crippen molar-refractivity contribution in [2.24, 2.45) is 0 Å². The Kier molecular flexibility index (Phi) is 4.45. The molecule has 0 saturated heterocycles. The largest absolute Gasteiger partial charge is 0.496 e. The van der Waals surface area contributed by atoms with E-state index in [1.165, 1.54) is 9.75 Å². The molecule has 0 aliphatic rings. The van der Waals surface area contributed by atoms with Gasteiger partial charge in [0.15, 0.2) is 0 Å². The van der Waals surface area contributed by atoms with Crippen LogP contribution < -0.4 is 10.1 Å². The fraction of sp³-hybridized carbons (Fsp3) is 0.333. The molecule has 2 aromatic rings. The van der Waals surface area contributed by atoms with Gasteiger partial charge in [-0.2, -0.15) is 0 Å². The Bertz CT molecular complexity index is 480. The molecule has 0 spiro atoms. The Hall–Kier alpha value is -0.550. The molecule has 2 aromatic heterocycles. The normalized spacial score (nSPS) is 12.6. The molecule has 0 radical (unpaired) electrons. The number of methoxy groups -OCH3 is 1. The fourth-order valence-electron chi connectivity index (χ4n) is 1.63. The Labute approximate surface area is 114 Å². The number of halogens is 1. The van der Waals surface area contributed by atoms with Crippen molar-refractivity contribution in [1.29, 1.82) is 0 Å². The van der Waals surface area contributed by atoms with Crippen LogP contribution in [0.1, 0.15) is 15.8 Å². The molecule has 0 aromatic carbocycles. The highest BCUT2D eigenvalue weighted by molar-refractivity contribution is 7.16. The first kappa shape index (κ1) is 12.9. The highest BCUT2D eigenvalue weighted by Gasteiger charge is 2.14. The summed E-state index contributed by atoms with van der Waals surface area (Å²) < 4.78 is 6.05. The van der Waals surface area contributed by atoms with Crippen LogP contribution in [0, 0.1) is 0 Å². The van der Waals surface area contributed by atoms with Gasteiger partial charge in [0.2, 0.25) is 0 Å². The molecule has 0 amide bonds. The summed E-state index contributed by atoms with van der Waals surface area (Å²) >= 11 is 9.29. The van der Waals surface area contributed by atoms with Crippen LogP contribution in [0.3, 0.4) is 0 Å². The Morgan fingerprint density at radius 3 is 2.82 bits per heavy atom. The van der Waals surface area contributed by atoms with Crippen LogP contribution in [0.5, 0.6) is 5.75 Å². The van der Waals surface area contributed by atoms with Crippen LogP contribution in [0.15, 0.2) is 23.6 Å². The van der Waals surface area contributed by atoms with Gasteiger partial charge in [-0.3, -0.25) is 0 Å². The van der Waals surface area contributed by atoms with Gasteiger partial charge >= 0.3 is 0 Å². The fourth-order valence-corrected chi connectivity index (χ4v) is 3.73. The third-order valence-electron chi connectivity index (χ3n) is 2.56. The molecule has 1 N–H and O–H groups in total. The summed E-state index contributed by atoms with van der Waals surface area (Å²) in [5.41, 5.74) is 0. The highest BCUT2D eigenvalue weighted by Crippen LogP contribution is 2.31. The van der Waals surface area contributed by atoms with E-state index < -0.39 is 0 Å². The Balaban J connectivity index is 2.10.